The highest BCUT2D eigenvalue weighted by atomic mass is 19.1. The molecule has 1 aliphatic heterocycles. The summed E-state index contributed by atoms with van der Waals surface area (Å²) in [6, 6.07) is 14.8. The number of rotatable bonds is 7. The molecule has 1 fully saturated rings. The molecule has 6 nitrogen and oxygen atoms in total. The molecule has 2 aromatic carbocycles. The van der Waals surface area contributed by atoms with Crippen LogP contribution in [0.1, 0.15) is 42.0 Å². The molecule has 0 aliphatic carbocycles. The molecule has 4 rings (SSSR count). The number of halogens is 1. The molecule has 170 valence electrons. The number of carbonyl (C=O) groups is 2. The van der Waals surface area contributed by atoms with Gasteiger partial charge in [0.1, 0.15) is 34.9 Å². The number of hydrogen-bond donors (Lipinski definition) is 1. The fourth-order valence-corrected chi connectivity index (χ4v) is 3.81. The zero-order valence-corrected chi connectivity index (χ0v) is 18.4. The Balaban J connectivity index is 1.75. The summed E-state index contributed by atoms with van der Waals surface area (Å²) in [4.78, 5) is 27.4. The van der Waals surface area contributed by atoms with E-state index < -0.39 is 23.5 Å². The molecule has 0 radical (unpaired) electrons. The van der Waals surface area contributed by atoms with Crippen LogP contribution in [0, 0.1) is 12.7 Å². The fraction of sp³-hybridized carbons (Fsp3) is 0.231. The summed E-state index contributed by atoms with van der Waals surface area (Å²) >= 11 is 0. The number of ether oxygens (including phenoxy) is 1. The van der Waals surface area contributed by atoms with Crippen molar-refractivity contribution in [2.45, 2.75) is 32.9 Å². The second-order valence-corrected chi connectivity index (χ2v) is 7.87. The van der Waals surface area contributed by atoms with Crippen molar-refractivity contribution in [1.82, 2.24) is 4.90 Å². The highest BCUT2D eigenvalue weighted by molar-refractivity contribution is 6.46. The number of benzene rings is 2. The number of Topliss-reactive ketones (excluding diaryl/α,β-unsaturated/α-hetero) is 1. The Labute approximate surface area is 190 Å². The Morgan fingerprint density at radius 1 is 1.06 bits per heavy atom. The zero-order chi connectivity index (χ0) is 23.5. The maximum Gasteiger partial charge on any atom is 0.296 e. The van der Waals surface area contributed by atoms with E-state index in [1.807, 2.05) is 6.92 Å². The molecule has 1 atom stereocenters. The molecule has 7 heteroatoms. The fourth-order valence-electron chi connectivity index (χ4n) is 3.81. The van der Waals surface area contributed by atoms with Crippen molar-refractivity contribution in [1.29, 1.82) is 0 Å². The van der Waals surface area contributed by atoms with Crippen LogP contribution < -0.4 is 4.74 Å². The Morgan fingerprint density at radius 2 is 1.76 bits per heavy atom. The molecule has 1 amide bonds. The lowest BCUT2D eigenvalue weighted by atomic mass is 9.99. The summed E-state index contributed by atoms with van der Waals surface area (Å²) in [7, 11) is 0. The van der Waals surface area contributed by atoms with Gasteiger partial charge in [0.15, 0.2) is 0 Å². The normalized spacial score (nSPS) is 17.5. The first kappa shape index (κ1) is 22.3. The zero-order valence-electron chi connectivity index (χ0n) is 18.4. The van der Waals surface area contributed by atoms with Gasteiger partial charge >= 0.3 is 0 Å². The number of furan rings is 1. The number of likely N-dealkylation sites (tertiary alicyclic amines) is 1. The molecule has 1 N–H and O–H groups in total. The summed E-state index contributed by atoms with van der Waals surface area (Å²) < 4.78 is 24.7. The van der Waals surface area contributed by atoms with Gasteiger partial charge in [-0.3, -0.25) is 9.59 Å². The molecular weight excluding hydrogens is 425 g/mol. The van der Waals surface area contributed by atoms with E-state index in [9.17, 15) is 19.1 Å². The third kappa shape index (κ3) is 4.53. The summed E-state index contributed by atoms with van der Waals surface area (Å²) in [6.45, 7) is 4.37. The Kier molecular flexibility index (Phi) is 6.31. The van der Waals surface area contributed by atoms with E-state index in [-0.39, 0.29) is 17.9 Å². The van der Waals surface area contributed by atoms with Gasteiger partial charge in [0, 0.05) is 12.1 Å². The number of hydrogen-bond acceptors (Lipinski definition) is 5. The number of aliphatic hydroxyl groups excluding tert-OH is 1. The lowest BCUT2D eigenvalue weighted by molar-refractivity contribution is -0.140. The molecule has 1 saturated heterocycles. The molecule has 3 aromatic rings. The van der Waals surface area contributed by atoms with Crippen LogP contribution in [-0.2, 0) is 16.1 Å². The van der Waals surface area contributed by atoms with Gasteiger partial charge in [-0.15, -0.1) is 0 Å². The highest BCUT2D eigenvalue weighted by Crippen LogP contribution is 2.41. The van der Waals surface area contributed by atoms with Crippen molar-refractivity contribution < 1.29 is 28.2 Å². The van der Waals surface area contributed by atoms with Gasteiger partial charge in [0.05, 0.1) is 12.2 Å². The van der Waals surface area contributed by atoms with Crippen molar-refractivity contribution in [3.8, 4) is 5.75 Å². The highest BCUT2D eigenvalue weighted by Gasteiger charge is 2.47. The van der Waals surface area contributed by atoms with Gasteiger partial charge in [-0.25, -0.2) is 4.39 Å². The van der Waals surface area contributed by atoms with Crippen molar-refractivity contribution in [2.24, 2.45) is 0 Å². The number of aryl methyl sites for hydroxylation is 1. The average molecular weight is 449 g/mol. The van der Waals surface area contributed by atoms with Crippen LogP contribution in [0.15, 0.2) is 70.7 Å². The number of carbonyl (C=O) groups excluding carboxylic acids is 2. The SMILES string of the molecule is CCCOc1ccc(/C(O)=C2/C(=O)C(=O)N(Cc3ccc(F)cc3)C2c2ccc(C)o2)cc1. The maximum absolute atomic E-state index is 13.3. The van der Waals surface area contributed by atoms with Gasteiger partial charge < -0.3 is 19.2 Å². The van der Waals surface area contributed by atoms with Crippen LogP contribution in [0.4, 0.5) is 4.39 Å². The van der Waals surface area contributed by atoms with Crippen molar-refractivity contribution in [2.75, 3.05) is 6.61 Å². The largest absolute Gasteiger partial charge is 0.507 e. The standard InChI is InChI=1S/C26H24FNO5/c1-3-14-32-20-11-7-18(8-12-20)24(29)22-23(21-13-4-16(2)33-21)28(26(31)25(22)30)15-17-5-9-19(27)10-6-17/h4-13,23,29H,3,14-15H2,1-2H3/b24-22-. The van der Waals surface area contributed by atoms with E-state index in [0.29, 0.717) is 35.0 Å². The van der Waals surface area contributed by atoms with Gasteiger partial charge in [0.2, 0.25) is 0 Å². The predicted octanol–water partition coefficient (Wildman–Crippen LogP) is 5.14. The monoisotopic (exact) mass is 449 g/mol. The second-order valence-electron chi connectivity index (χ2n) is 7.87. The smallest absolute Gasteiger partial charge is 0.296 e. The van der Waals surface area contributed by atoms with Crippen LogP contribution in [0.25, 0.3) is 5.76 Å². The molecular formula is C26H24FNO5. The minimum Gasteiger partial charge on any atom is -0.507 e. The molecule has 0 saturated carbocycles. The van der Waals surface area contributed by atoms with Gasteiger partial charge in [-0.1, -0.05) is 19.1 Å². The number of amides is 1. The Hall–Kier alpha value is -3.87. The molecule has 1 aromatic heterocycles. The lowest BCUT2D eigenvalue weighted by Gasteiger charge is -2.23. The first-order valence-corrected chi connectivity index (χ1v) is 10.7. The van der Waals surface area contributed by atoms with E-state index in [2.05, 4.69) is 0 Å². The van der Waals surface area contributed by atoms with Gasteiger partial charge in [-0.2, -0.15) is 0 Å². The summed E-state index contributed by atoms with van der Waals surface area (Å²) in [5.41, 5.74) is 0.967. The number of nitrogens with zero attached hydrogens (tertiary/aromatic N) is 1. The van der Waals surface area contributed by atoms with Gasteiger partial charge in [0.25, 0.3) is 11.7 Å². The summed E-state index contributed by atoms with van der Waals surface area (Å²) in [6.07, 6.45) is 0.863. The van der Waals surface area contributed by atoms with E-state index in [0.717, 1.165) is 6.42 Å². The Morgan fingerprint density at radius 3 is 2.36 bits per heavy atom. The lowest BCUT2D eigenvalue weighted by Crippen LogP contribution is -2.29. The van der Waals surface area contributed by atoms with Crippen molar-refractivity contribution in [3.63, 3.8) is 0 Å². The number of ketones is 1. The van der Waals surface area contributed by atoms with E-state index in [4.69, 9.17) is 9.15 Å². The minimum absolute atomic E-state index is 0.0514. The topological polar surface area (TPSA) is 80.0 Å². The third-order valence-electron chi connectivity index (χ3n) is 5.44. The quantitative estimate of drug-likeness (QED) is 0.307. The van der Waals surface area contributed by atoms with Crippen LogP contribution in [0.3, 0.4) is 0 Å². The van der Waals surface area contributed by atoms with Crippen LogP contribution >= 0.6 is 0 Å². The molecule has 1 unspecified atom stereocenters. The maximum atomic E-state index is 13.3. The third-order valence-corrected chi connectivity index (χ3v) is 5.44. The molecule has 2 heterocycles. The first-order valence-electron chi connectivity index (χ1n) is 10.7. The van der Waals surface area contributed by atoms with E-state index >= 15 is 0 Å². The predicted molar refractivity (Wildman–Crippen MR) is 120 cm³/mol. The molecule has 33 heavy (non-hydrogen) atoms. The van der Waals surface area contributed by atoms with Crippen LogP contribution in [0.2, 0.25) is 0 Å². The van der Waals surface area contributed by atoms with Crippen LogP contribution in [0.5, 0.6) is 5.75 Å². The summed E-state index contributed by atoms with van der Waals surface area (Å²) in [5.74, 6) is -0.652. The average Bonchev–Trinajstić information content (AvgIpc) is 3.35. The van der Waals surface area contributed by atoms with Crippen LogP contribution in [-0.4, -0.2) is 28.3 Å². The molecule has 0 bridgehead atoms. The van der Waals surface area contributed by atoms with Crippen molar-refractivity contribution in [3.05, 3.63) is 94.7 Å². The van der Waals surface area contributed by atoms with Crippen molar-refractivity contribution >= 4 is 17.4 Å². The molecule has 1 aliphatic rings. The van der Waals surface area contributed by atoms with Gasteiger partial charge in [-0.05, 0) is 67.4 Å². The molecule has 0 spiro atoms. The summed E-state index contributed by atoms with van der Waals surface area (Å²) in [5, 5.41) is 11.1. The van der Waals surface area contributed by atoms with E-state index in [1.54, 1.807) is 55.5 Å². The number of aliphatic hydroxyl groups is 1. The Bertz CT molecular complexity index is 1190. The first-order chi connectivity index (χ1) is 15.9. The second kappa shape index (κ2) is 9.32. The minimum atomic E-state index is -0.917. The van der Waals surface area contributed by atoms with E-state index in [1.165, 1.54) is 17.0 Å².